The molecule has 1 heterocycles. The summed E-state index contributed by atoms with van der Waals surface area (Å²) in [4.78, 5) is 0. The number of benzene rings is 1. The third-order valence-corrected chi connectivity index (χ3v) is 4.73. The van der Waals surface area contributed by atoms with Crippen LogP contribution < -0.4 is 14.9 Å². The van der Waals surface area contributed by atoms with Crippen molar-refractivity contribution in [2.75, 3.05) is 0 Å². The van der Waals surface area contributed by atoms with E-state index in [-0.39, 0.29) is 23.9 Å². The average Bonchev–Trinajstić information content (AvgIpc) is 3.18. The van der Waals surface area contributed by atoms with E-state index in [0.717, 1.165) is 29.8 Å². The first-order valence-electron chi connectivity index (χ1n) is 8.82. The average molecular weight is 332 g/mol. The molecular weight excluding hydrogens is 303 g/mol. The van der Waals surface area contributed by atoms with E-state index in [1.807, 2.05) is 39.0 Å². The molecule has 1 aliphatic heterocycles. The van der Waals surface area contributed by atoms with E-state index in [2.05, 4.69) is 27.7 Å². The zero-order valence-corrected chi connectivity index (χ0v) is 15.9. The molecule has 1 saturated heterocycles. The topological polar surface area (TPSA) is 36.9 Å². The van der Waals surface area contributed by atoms with Gasteiger partial charge in [-0.3, -0.25) is 0 Å². The lowest BCUT2D eigenvalue weighted by molar-refractivity contribution is 0.00578. The van der Waals surface area contributed by atoms with Gasteiger partial charge in [-0.05, 0) is 78.9 Å². The zero-order chi connectivity index (χ0) is 17.8. The molecule has 0 radical (unpaired) electrons. The Morgan fingerprint density at radius 1 is 1.00 bits per heavy atom. The van der Waals surface area contributed by atoms with Gasteiger partial charge >= 0.3 is 7.12 Å². The van der Waals surface area contributed by atoms with Gasteiger partial charge in [-0.1, -0.05) is 6.07 Å². The molecule has 0 bridgehead atoms. The molecule has 0 amide bonds. The molecule has 132 valence electrons. The fraction of sp³-hybridized carbons (Fsp3) is 0.684. The lowest BCUT2D eigenvalue weighted by Gasteiger charge is -2.32. The van der Waals surface area contributed by atoms with Gasteiger partial charge in [0, 0.05) is 0 Å². The summed E-state index contributed by atoms with van der Waals surface area (Å²) in [6.45, 7) is 14.4. The second kappa shape index (κ2) is 5.67. The molecule has 1 aromatic carbocycles. The second-order valence-corrected chi connectivity index (χ2v) is 8.83. The molecule has 0 spiro atoms. The molecule has 0 aromatic heterocycles. The van der Waals surface area contributed by atoms with Gasteiger partial charge in [0.05, 0.1) is 17.3 Å². The molecule has 0 N–H and O–H groups in total. The summed E-state index contributed by atoms with van der Waals surface area (Å²) in [6.07, 6.45) is 2.52. The third-order valence-electron chi connectivity index (χ3n) is 4.73. The summed E-state index contributed by atoms with van der Waals surface area (Å²) in [7, 11) is -0.389. The Labute approximate surface area is 146 Å². The molecule has 3 rings (SSSR count). The van der Waals surface area contributed by atoms with Gasteiger partial charge in [0.15, 0.2) is 11.5 Å². The van der Waals surface area contributed by atoms with Crippen LogP contribution in [0.1, 0.15) is 61.3 Å². The van der Waals surface area contributed by atoms with Crippen molar-refractivity contribution in [3.63, 3.8) is 0 Å². The van der Waals surface area contributed by atoms with E-state index in [1.165, 1.54) is 0 Å². The van der Waals surface area contributed by atoms with Crippen LogP contribution in [0.3, 0.4) is 0 Å². The van der Waals surface area contributed by atoms with Gasteiger partial charge in [0.2, 0.25) is 0 Å². The molecule has 0 atom stereocenters. The van der Waals surface area contributed by atoms with E-state index in [4.69, 9.17) is 18.8 Å². The predicted molar refractivity (Wildman–Crippen MR) is 96.2 cm³/mol. The molecule has 1 aliphatic carbocycles. The largest absolute Gasteiger partial charge is 0.494 e. The molecular formula is C19H29BO4. The van der Waals surface area contributed by atoms with E-state index in [0.29, 0.717) is 6.10 Å². The number of ether oxygens (including phenoxy) is 2. The molecule has 2 aliphatic rings. The first-order valence-corrected chi connectivity index (χ1v) is 8.82. The normalized spacial score (nSPS) is 22.5. The first kappa shape index (κ1) is 17.6. The Morgan fingerprint density at radius 2 is 1.58 bits per heavy atom. The minimum atomic E-state index is -0.389. The highest BCUT2D eigenvalue weighted by Gasteiger charge is 2.51. The first-order chi connectivity index (χ1) is 11.0. The molecule has 5 heteroatoms. The molecule has 4 nitrogen and oxygen atoms in total. The number of rotatable bonds is 4. The number of hydrogen-bond donors (Lipinski definition) is 0. The van der Waals surface area contributed by atoms with E-state index in [1.54, 1.807) is 0 Å². The third kappa shape index (κ3) is 3.73. The summed E-state index contributed by atoms with van der Waals surface area (Å²) in [5.41, 5.74) is -0.00969. The van der Waals surface area contributed by atoms with Gasteiger partial charge in [0.1, 0.15) is 5.60 Å². The van der Waals surface area contributed by atoms with Gasteiger partial charge in [-0.15, -0.1) is 0 Å². The van der Waals surface area contributed by atoms with Crippen LogP contribution in [0.4, 0.5) is 0 Å². The minimum absolute atomic E-state index is 0.270. The lowest BCUT2D eigenvalue weighted by atomic mass is 9.79. The van der Waals surface area contributed by atoms with Gasteiger partial charge < -0.3 is 18.8 Å². The Bertz CT molecular complexity index is 598. The van der Waals surface area contributed by atoms with Crippen LogP contribution in [0, 0.1) is 0 Å². The summed E-state index contributed by atoms with van der Waals surface area (Å²) in [6, 6.07) is 5.97. The van der Waals surface area contributed by atoms with E-state index >= 15 is 0 Å². The van der Waals surface area contributed by atoms with Gasteiger partial charge in [0.25, 0.3) is 0 Å². The maximum Gasteiger partial charge on any atom is 0.494 e. The van der Waals surface area contributed by atoms with Crippen LogP contribution in [0.15, 0.2) is 18.2 Å². The van der Waals surface area contributed by atoms with Crippen molar-refractivity contribution in [1.82, 2.24) is 0 Å². The molecule has 0 unspecified atom stereocenters. The second-order valence-electron chi connectivity index (χ2n) is 8.83. The Kier molecular flexibility index (Phi) is 4.16. The van der Waals surface area contributed by atoms with Crippen molar-refractivity contribution >= 4 is 12.6 Å². The maximum absolute atomic E-state index is 6.15. The zero-order valence-electron chi connectivity index (χ0n) is 15.9. The van der Waals surface area contributed by atoms with Crippen molar-refractivity contribution < 1.29 is 18.8 Å². The van der Waals surface area contributed by atoms with Crippen LogP contribution in [0.5, 0.6) is 11.5 Å². The van der Waals surface area contributed by atoms with Crippen LogP contribution in [0.25, 0.3) is 0 Å². The molecule has 1 aromatic rings. The quantitative estimate of drug-likeness (QED) is 0.788. The highest BCUT2D eigenvalue weighted by atomic mass is 16.7. The summed E-state index contributed by atoms with van der Waals surface area (Å²) >= 11 is 0. The molecule has 24 heavy (non-hydrogen) atoms. The van der Waals surface area contributed by atoms with Crippen LogP contribution in [-0.2, 0) is 9.31 Å². The van der Waals surface area contributed by atoms with E-state index < -0.39 is 0 Å². The smallest absolute Gasteiger partial charge is 0.487 e. The van der Waals surface area contributed by atoms with Crippen molar-refractivity contribution in [2.45, 2.75) is 84.2 Å². The standard InChI is InChI=1S/C19H29BO4/c1-17(2,3)22-15-11-8-13(12-16(15)21-14-9-10-14)20-23-18(4,5)19(6,7)24-20/h8,11-12,14H,9-10H2,1-7H3. The van der Waals surface area contributed by atoms with Crippen molar-refractivity contribution in [3.05, 3.63) is 18.2 Å². The maximum atomic E-state index is 6.15. The molecule has 1 saturated carbocycles. The number of hydrogen-bond acceptors (Lipinski definition) is 4. The lowest BCUT2D eigenvalue weighted by Crippen LogP contribution is -2.41. The predicted octanol–water partition coefficient (Wildman–Crippen LogP) is 3.70. The molecule has 2 fully saturated rings. The Morgan fingerprint density at radius 3 is 2.08 bits per heavy atom. The van der Waals surface area contributed by atoms with Crippen LogP contribution in [-0.4, -0.2) is 30.0 Å². The van der Waals surface area contributed by atoms with E-state index in [9.17, 15) is 0 Å². The fourth-order valence-electron chi connectivity index (χ4n) is 2.52. The van der Waals surface area contributed by atoms with Crippen molar-refractivity contribution in [2.24, 2.45) is 0 Å². The Hall–Kier alpha value is -1.20. The highest BCUT2D eigenvalue weighted by Crippen LogP contribution is 2.38. The Balaban J connectivity index is 1.87. The van der Waals surface area contributed by atoms with Gasteiger partial charge in [-0.25, -0.2) is 0 Å². The van der Waals surface area contributed by atoms with Crippen molar-refractivity contribution in [3.8, 4) is 11.5 Å². The van der Waals surface area contributed by atoms with Gasteiger partial charge in [-0.2, -0.15) is 0 Å². The summed E-state index contributed by atoms with van der Waals surface area (Å²) in [5, 5.41) is 0. The van der Waals surface area contributed by atoms with Crippen LogP contribution in [0.2, 0.25) is 0 Å². The fourth-order valence-corrected chi connectivity index (χ4v) is 2.52. The van der Waals surface area contributed by atoms with Crippen LogP contribution >= 0.6 is 0 Å². The summed E-state index contributed by atoms with van der Waals surface area (Å²) < 4.78 is 24.4. The monoisotopic (exact) mass is 332 g/mol. The SMILES string of the molecule is CC(C)(C)Oc1ccc(B2OC(C)(C)C(C)(C)O2)cc1OC1CC1. The van der Waals surface area contributed by atoms with Crippen molar-refractivity contribution in [1.29, 1.82) is 0 Å². The minimum Gasteiger partial charge on any atom is -0.487 e. The highest BCUT2D eigenvalue weighted by molar-refractivity contribution is 6.62. The summed E-state index contributed by atoms with van der Waals surface area (Å²) in [5.74, 6) is 1.55.